The fraction of sp³-hybridized carbons (Fsp3) is 0.333. The molecule has 1 aromatic heterocycles. The van der Waals surface area contributed by atoms with Crippen LogP contribution in [0.3, 0.4) is 0 Å². The minimum Gasteiger partial charge on any atom is -0.481 e. The van der Waals surface area contributed by atoms with Gasteiger partial charge < -0.3 is 9.84 Å². The Kier molecular flexibility index (Phi) is 4.20. The second-order valence-electron chi connectivity index (χ2n) is 5.10. The summed E-state index contributed by atoms with van der Waals surface area (Å²) >= 11 is 1.46. The number of nitrogens with zero attached hydrogens (tertiary/aromatic N) is 1. The maximum absolute atomic E-state index is 11.3. The van der Waals surface area contributed by atoms with Crippen LogP contribution in [0.25, 0.3) is 10.6 Å². The van der Waals surface area contributed by atoms with Gasteiger partial charge in [0.25, 0.3) is 0 Å². The van der Waals surface area contributed by atoms with Crippen molar-refractivity contribution in [3.8, 4) is 10.6 Å². The number of aliphatic carboxylic acids is 1. The molecule has 0 fully saturated rings. The third kappa shape index (κ3) is 2.89. The van der Waals surface area contributed by atoms with E-state index in [1.165, 1.54) is 11.3 Å². The summed E-state index contributed by atoms with van der Waals surface area (Å²) in [7, 11) is 1.66. The smallest absolute Gasteiger partial charge is 0.315 e. The lowest BCUT2D eigenvalue weighted by atomic mass is 9.90. The van der Waals surface area contributed by atoms with Gasteiger partial charge in [-0.15, -0.1) is 11.3 Å². The Morgan fingerprint density at radius 1 is 1.45 bits per heavy atom. The Morgan fingerprint density at radius 2 is 2.20 bits per heavy atom. The Labute approximate surface area is 122 Å². The van der Waals surface area contributed by atoms with Gasteiger partial charge in [-0.25, -0.2) is 4.98 Å². The first-order chi connectivity index (χ1) is 9.45. The standard InChI is InChI=1S/C15H17NO3S/c1-15(2,14(17)18)12-9-20-13(16-12)11-6-4-5-10(7-11)8-19-3/h4-7,9H,8H2,1-3H3,(H,17,18). The highest BCUT2D eigenvalue weighted by atomic mass is 32.1. The Bertz CT molecular complexity index is 619. The summed E-state index contributed by atoms with van der Waals surface area (Å²) < 4.78 is 5.11. The number of methoxy groups -OCH3 is 1. The molecular weight excluding hydrogens is 274 g/mol. The number of rotatable bonds is 5. The molecule has 2 rings (SSSR count). The molecule has 0 aliphatic heterocycles. The van der Waals surface area contributed by atoms with Crippen LogP contribution >= 0.6 is 11.3 Å². The number of ether oxygens (including phenoxy) is 1. The van der Waals surface area contributed by atoms with Gasteiger partial charge in [0.05, 0.1) is 12.3 Å². The van der Waals surface area contributed by atoms with Gasteiger partial charge in [-0.3, -0.25) is 4.79 Å². The lowest BCUT2D eigenvalue weighted by Gasteiger charge is -2.15. The SMILES string of the molecule is COCc1cccc(-c2nc(C(C)(C)C(=O)O)cs2)c1. The molecule has 0 radical (unpaired) electrons. The maximum Gasteiger partial charge on any atom is 0.315 e. The van der Waals surface area contributed by atoms with Crippen molar-refractivity contribution in [2.75, 3.05) is 7.11 Å². The van der Waals surface area contributed by atoms with Crippen molar-refractivity contribution in [1.29, 1.82) is 0 Å². The predicted molar refractivity (Wildman–Crippen MR) is 78.9 cm³/mol. The van der Waals surface area contributed by atoms with Crippen molar-refractivity contribution in [3.05, 3.63) is 40.9 Å². The van der Waals surface area contributed by atoms with E-state index < -0.39 is 11.4 Å². The Hall–Kier alpha value is -1.72. The fourth-order valence-corrected chi connectivity index (χ4v) is 2.75. The van der Waals surface area contributed by atoms with Crippen molar-refractivity contribution in [1.82, 2.24) is 4.98 Å². The second-order valence-corrected chi connectivity index (χ2v) is 5.96. The van der Waals surface area contributed by atoms with E-state index in [1.807, 2.05) is 29.6 Å². The van der Waals surface area contributed by atoms with Crippen LogP contribution < -0.4 is 0 Å². The van der Waals surface area contributed by atoms with Crippen LogP contribution in [0.4, 0.5) is 0 Å². The summed E-state index contributed by atoms with van der Waals surface area (Å²) in [6.07, 6.45) is 0. The second kappa shape index (κ2) is 5.73. The molecule has 20 heavy (non-hydrogen) atoms. The quantitative estimate of drug-likeness (QED) is 0.918. The molecule has 0 aliphatic carbocycles. The van der Waals surface area contributed by atoms with Crippen LogP contribution in [-0.4, -0.2) is 23.2 Å². The van der Waals surface area contributed by atoms with Gasteiger partial charge in [0.1, 0.15) is 10.4 Å². The third-order valence-corrected chi connectivity index (χ3v) is 4.06. The number of hydrogen-bond acceptors (Lipinski definition) is 4. The molecule has 5 heteroatoms. The van der Waals surface area contributed by atoms with E-state index in [2.05, 4.69) is 4.98 Å². The summed E-state index contributed by atoms with van der Waals surface area (Å²) in [6.45, 7) is 3.87. The van der Waals surface area contributed by atoms with Crippen molar-refractivity contribution in [2.24, 2.45) is 0 Å². The number of hydrogen-bond donors (Lipinski definition) is 1. The van der Waals surface area contributed by atoms with Gasteiger partial charge in [0, 0.05) is 18.1 Å². The molecule has 2 aromatic rings. The van der Waals surface area contributed by atoms with Crippen molar-refractivity contribution < 1.29 is 14.6 Å². The number of aromatic nitrogens is 1. The van der Waals surface area contributed by atoms with E-state index in [0.29, 0.717) is 12.3 Å². The lowest BCUT2D eigenvalue weighted by Crippen LogP contribution is -2.28. The topological polar surface area (TPSA) is 59.4 Å². The molecule has 0 atom stereocenters. The normalized spacial score (nSPS) is 11.6. The highest BCUT2D eigenvalue weighted by Crippen LogP contribution is 2.30. The van der Waals surface area contributed by atoms with E-state index in [0.717, 1.165) is 16.1 Å². The molecule has 0 bridgehead atoms. The number of carboxylic acid groups (broad SMARTS) is 1. The highest BCUT2D eigenvalue weighted by molar-refractivity contribution is 7.13. The molecular formula is C15H17NO3S. The van der Waals surface area contributed by atoms with Gasteiger partial charge in [0.15, 0.2) is 0 Å². The first-order valence-corrected chi connectivity index (χ1v) is 7.10. The minimum atomic E-state index is -0.973. The third-order valence-electron chi connectivity index (χ3n) is 3.16. The average molecular weight is 291 g/mol. The molecule has 0 saturated carbocycles. The van der Waals surface area contributed by atoms with E-state index in [-0.39, 0.29) is 0 Å². The molecule has 1 heterocycles. The Morgan fingerprint density at radius 3 is 2.85 bits per heavy atom. The van der Waals surface area contributed by atoms with Crippen LogP contribution in [0.5, 0.6) is 0 Å². The number of benzene rings is 1. The van der Waals surface area contributed by atoms with Gasteiger partial charge in [-0.1, -0.05) is 18.2 Å². The maximum atomic E-state index is 11.3. The van der Waals surface area contributed by atoms with Gasteiger partial charge in [0.2, 0.25) is 0 Å². The lowest BCUT2D eigenvalue weighted by molar-refractivity contribution is -0.142. The van der Waals surface area contributed by atoms with Crippen molar-refractivity contribution in [3.63, 3.8) is 0 Å². The summed E-state index contributed by atoms with van der Waals surface area (Å²) in [5.41, 5.74) is 1.66. The summed E-state index contributed by atoms with van der Waals surface area (Å²) in [6, 6.07) is 7.92. The van der Waals surface area contributed by atoms with E-state index in [4.69, 9.17) is 4.74 Å². The van der Waals surface area contributed by atoms with Crippen molar-refractivity contribution >= 4 is 17.3 Å². The zero-order valence-electron chi connectivity index (χ0n) is 11.7. The van der Waals surface area contributed by atoms with Crippen molar-refractivity contribution in [2.45, 2.75) is 25.9 Å². The first-order valence-electron chi connectivity index (χ1n) is 6.23. The Balaban J connectivity index is 2.33. The fourth-order valence-electron chi connectivity index (χ4n) is 1.76. The van der Waals surface area contributed by atoms with Crippen LogP contribution in [0, 0.1) is 0 Å². The molecule has 1 N–H and O–H groups in total. The van der Waals surface area contributed by atoms with Gasteiger partial charge in [-0.05, 0) is 25.5 Å². The average Bonchev–Trinajstić information content (AvgIpc) is 2.89. The molecule has 0 spiro atoms. The molecule has 106 valence electrons. The number of carboxylic acids is 1. The van der Waals surface area contributed by atoms with E-state index in [1.54, 1.807) is 21.0 Å². The summed E-state index contributed by atoms with van der Waals surface area (Å²) in [5.74, 6) is -0.873. The van der Waals surface area contributed by atoms with Gasteiger partial charge >= 0.3 is 5.97 Å². The molecule has 0 amide bonds. The largest absolute Gasteiger partial charge is 0.481 e. The molecule has 0 unspecified atom stereocenters. The number of thiazole rings is 1. The monoisotopic (exact) mass is 291 g/mol. The van der Waals surface area contributed by atoms with Crippen LogP contribution in [0.15, 0.2) is 29.6 Å². The highest BCUT2D eigenvalue weighted by Gasteiger charge is 2.32. The van der Waals surface area contributed by atoms with E-state index in [9.17, 15) is 9.90 Å². The van der Waals surface area contributed by atoms with Crippen LogP contribution in [0.2, 0.25) is 0 Å². The molecule has 4 nitrogen and oxygen atoms in total. The zero-order chi connectivity index (χ0) is 14.8. The summed E-state index contributed by atoms with van der Waals surface area (Å²) in [5, 5.41) is 11.9. The van der Waals surface area contributed by atoms with Crippen LogP contribution in [0.1, 0.15) is 25.1 Å². The van der Waals surface area contributed by atoms with Crippen LogP contribution in [-0.2, 0) is 21.6 Å². The first kappa shape index (κ1) is 14.7. The molecule has 1 aromatic carbocycles. The summed E-state index contributed by atoms with van der Waals surface area (Å²) in [4.78, 5) is 15.7. The van der Waals surface area contributed by atoms with Gasteiger partial charge in [-0.2, -0.15) is 0 Å². The molecule has 0 aliphatic rings. The number of carbonyl (C=O) groups is 1. The minimum absolute atomic E-state index is 0.548. The molecule has 0 saturated heterocycles. The van der Waals surface area contributed by atoms with E-state index >= 15 is 0 Å². The zero-order valence-corrected chi connectivity index (χ0v) is 12.5. The predicted octanol–water partition coefficient (Wildman–Crippen LogP) is 3.32.